The Hall–Kier alpha value is -0.0800. The Morgan fingerprint density at radius 3 is 2.44 bits per heavy atom. The first kappa shape index (κ1) is 12.4. The van der Waals surface area contributed by atoms with E-state index in [-0.39, 0.29) is 0 Å². The van der Waals surface area contributed by atoms with Crippen LogP contribution >= 0.6 is 0 Å². The standard InChI is InChI=1S/C14H27NO/c15-13(8-7-12-4-1-2-5-12)9-10-14-6-3-11-16-14/h12-14H,1-11,15H2. The van der Waals surface area contributed by atoms with Crippen LogP contribution in [0, 0.1) is 5.92 Å². The SMILES string of the molecule is NC(CCC1CCCC1)CCC1CCCO1. The van der Waals surface area contributed by atoms with Gasteiger partial charge in [0.2, 0.25) is 0 Å². The monoisotopic (exact) mass is 225 g/mol. The predicted octanol–water partition coefficient (Wildman–Crippen LogP) is 3.24. The second kappa shape index (κ2) is 6.61. The molecule has 0 aromatic rings. The highest BCUT2D eigenvalue weighted by Crippen LogP contribution is 2.29. The molecule has 2 fully saturated rings. The van der Waals surface area contributed by atoms with Crippen molar-refractivity contribution < 1.29 is 4.74 Å². The molecule has 0 amide bonds. The quantitative estimate of drug-likeness (QED) is 0.753. The third-order valence-corrected chi connectivity index (χ3v) is 4.30. The number of hydrogen-bond donors (Lipinski definition) is 1. The Morgan fingerprint density at radius 1 is 1.00 bits per heavy atom. The molecule has 2 nitrogen and oxygen atoms in total. The number of rotatable bonds is 6. The molecule has 1 heterocycles. The predicted molar refractivity (Wildman–Crippen MR) is 67.4 cm³/mol. The van der Waals surface area contributed by atoms with E-state index >= 15 is 0 Å². The summed E-state index contributed by atoms with van der Waals surface area (Å²) in [5.74, 6) is 0.994. The van der Waals surface area contributed by atoms with Gasteiger partial charge in [-0.15, -0.1) is 0 Å². The first-order chi connectivity index (χ1) is 7.84. The average Bonchev–Trinajstić information content (AvgIpc) is 2.96. The smallest absolute Gasteiger partial charge is 0.0576 e. The lowest BCUT2D eigenvalue weighted by Crippen LogP contribution is -2.22. The summed E-state index contributed by atoms with van der Waals surface area (Å²) in [6.45, 7) is 0.974. The van der Waals surface area contributed by atoms with E-state index in [0.29, 0.717) is 12.1 Å². The van der Waals surface area contributed by atoms with Crippen LogP contribution in [0.2, 0.25) is 0 Å². The summed E-state index contributed by atoms with van der Waals surface area (Å²) in [7, 11) is 0. The van der Waals surface area contributed by atoms with E-state index in [0.717, 1.165) is 18.9 Å². The number of hydrogen-bond acceptors (Lipinski definition) is 2. The largest absolute Gasteiger partial charge is 0.378 e. The maximum atomic E-state index is 6.17. The van der Waals surface area contributed by atoms with Gasteiger partial charge in [0.25, 0.3) is 0 Å². The van der Waals surface area contributed by atoms with Crippen LogP contribution in [0.4, 0.5) is 0 Å². The fourth-order valence-electron chi connectivity index (χ4n) is 3.17. The van der Waals surface area contributed by atoms with Crippen molar-refractivity contribution in [2.45, 2.75) is 76.4 Å². The van der Waals surface area contributed by atoms with Crippen LogP contribution in [-0.2, 0) is 4.74 Å². The number of ether oxygens (including phenoxy) is 1. The topological polar surface area (TPSA) is 35.2 Å². The molecule has 16 heavy (non-hydrogen) atoms. The fourth-order valence-corrected chi connectivity index (χ4v) is 3.17. The van der Waals surface area contributed by atoms with Crippen LogP contribution in [0.15, 0.2) is 0 Å². The lowest BCUT2D eigenvalue weighted by molar-refractivity contribution is 0.100. The summed E-state index contributed by atoms with van der Waals surface area (Å²) in [6, 6.07) is 0.421. The second-order valence-corrected chi connectivity index (χ2v) is 5.70. The van der Waals surface area contributed by atoms with E-state index in [4.69, 9.17) is 10.5 Å². The van der Waals surface area contributed by atoms with Gasteiger partial charge in [-0.2, -0.15) is 0 Å². The minimum absolute atomic E-state index is 0.421. The van der Waals surface area contributed by atoms with Crippen LogP contribution in [0.3, 0.4) is 0 Å². The fraction of sp³-hybridized carbons (Fsp3) is 1.00. The van der Waals surface area contributed by atoms with Crippen molar-refractivity contribution in [2.24, 2.45) is 11.7 Å². The van der Waals surface area contributed by atoms with Gasteiger partial charge in [0.1, 0.15) is 0 Å². The third kappa shape index (κ3) is 4.06. The molecule has 0 spiro atoms. The van der Waals surface area contributed by atoms with Crippen molar-refractivity contribution in [3.63, 3.8) is 0 Å². The van der Waals surface area contributed by atoms with Crippen LogP contribution < -0.4 is 5.73 Å². The van der Waals surface area contributed by atoms with Crippen LogP contribution in [0.1, 0.15) is 64.2 Å². The summed E-state index contributed by atoms with van der Waals surface area (Å²) >= 11 is 0. The highest BCUT2D eigenvalue weighted by Gasteiger charge is 2.18. The highest BCUT2D eigenvalue weighted by molar-refractivity contribution is 4.73. The molecule has 2 atom stereocenters. The zero-order valence-corrected chi connectivity index (χ0v) is 10.5. The molecule has 0 bridgehead atoms. The Bertz CT molecular complexity index is 163. The van der Waals surface area contributed by atoms with E-state index in [2.05, 4.69) is 0 Å². The maximum Gasteiger partial charge on any atom is 0.0576 e. The zero-order valence-electron chi connectivity index (χ0n) is 10.5. The van der Waals surface area contributed by atoms with E-state index < -0.39 is 0 Å². The molecule has 1 aliphatic heterocycles. The van der Waals surface area contributed by atoms with Crippen molar-refractivity contribution in [1.29, 1.82) is 0 Å². The molecule has 0 aromatic heterocycles. The van der Waals surface area contributed by atoms with Crippen LogP contribution in [-0.4, -0.2) is 18.8 Å². The first-order valence-corrected chi connectivity index (χ1v) is 7.22. The third-order valence-electron chi connectivity index (χ3n) is 4.30. The minimum atomic E-state index is 0.421. The minimum Gasteiger partial charge on any atom is -0.378 e. The van der Waals surface area contributed by atoms with Gasteiger partial charge in [-0.3, -0.25) is 0 Å². The van der Waals surface area contributed by atoms with Gasteiger partial charge in [0, 0.05) is 12.6 Å². The Labute approximate surface area is 99.9 Å². The van der Waals surface area contributed by atoms with Crippen molar-refractivity contribution in [2.75, 3.05) is 6.61 Å². The maximum absolute atomic E-state index is 6.17. The van der Waals surface area contributed by atoms with Gasteiger partial charge in [0.05, 0.1) is 6.10 Å². The molecule has 2 heteroatoms. The van der Waals surface area contributed by atoms with Crippen molar-refractivity contribution in [3.8, 4) is 0 Å². The van der Waals surface area contributed by atoms with E-state index in [1.54, 1.807) is 0 Å². The molecule has 2 aliphatic rings. The van der Waals surface area contributed by atoms with Crippen LogP contribution in [0.25, 0.3) is 0 Å². The zero-order chi connectivity index (χ0) is 11.2. The molecule has 2 unspecified atom stereocenters. The van der Waals surface area contributed by atoms with Crippen molar-refractivity contribution in [1.82, 2.24) is 0 Å². The van der Waals surface area contributed by atoms with Gasteiger partial charge in [-0.25, -0.2) is 0 Å². The first-order valence-electron chi connectivity index (χ1n) is 7.22. The molecule has 2 N–H and O–H groups in total. The van der Waals surface area contributed by atoms with Gasteiger partial charge >= 0.3 is 0 Å². The summed E-state index contributed by atoms with van der Waals surface area (Å²) in [4.78, 5) is 0. The molecule has 0 aromatic carbocycles. The highest BCUT2D eigenvalue weighted by atomic mass is 16.5. The molecule has 1 aliphatic carbocycles. The lowest BCUT2D eigenvalue weighted by Gasteiger charge is -2.16. The van der Waals surface area contributed by atoms with Gasteiger partial charge in [0.15, 0.2) is 0 Å². The molecule has 1 saturated heterocycles. The van der Waals surface area contributed by atoms with Crippen molar-refractivity contribution in [3.05, 3.63) is 0 Å². The van der Waals surface area contributed by atoms with Gasteiger partial charge in [-0.05, 0) is 44.4 Å². The lowest BCUT2D eigenvalue weighted by atomic mass is 9.96. The summed E-state index contributed by atoms with van der Waals surface area (Å²) < 4.78 is 5.63. The second-order valence-electron chi connectivity index (χ2n) is 5.70. The number of nitrogens with two attached hydrogens (primary N) is 1. The van der Waals surface area contributed by atoms with Crippen LogP contribution in [0.5, 0.6) is 0 Å². The Kier molecular flexibility index (Phi) is 5.11. The molecule has 2 rings (SSSR count). The van der Waals surface area contributed by atoms with Gasteiger partial charge < -0.3 is 10.5 Å². The molecular formula is C14H27NO. The molecule has 0 radical (unpaired) electrons. The van der Waals surface area contributed by atoms with E-state index in [1.165, 1.54) is 57.8 Å². The Balaban J connectivity index is 1.51. The summed E-state index contributed by atoms with van der Waals surface area (Å²) in [5.41, 5.74) is 6.17. The average molecular weight is 225 g/mol. The van der Waals surface area contributed by atoms with Crippen molar-refractivity contribution >= 4 is 0 Å². The van der Waals surface area contributed by atoms with E-state index in [9.17, 15) is 0 Å². The summed E-state index contributed by atoms with van der Waals surface area (Å²) in [6.07, 6.45) is 13.8. The summed E-state index contributed by atoms with van der Waals surface area (Å²) in [5, 5.41) is 0. The normalized spacial score (nSPS) is 28.7. The molecular weight excluding hydrogens is 198 g/mol. The molecule has 1 saturated carbocycles. The van der Waals surface area contributed by atoms with Gasteiger partial charge in [-0.1, -0.05) is 25.7 Å². The molecule has 94 valence electrons. The Morgan fingerprint density at radius 2 is 1.75 bits per heavy atom. The van der Waals surface area contributed by atoms with E-state index in [1.807, 2.05) is 0 Å².